The van der Waals surface area contributed by atoms with Crippen molar-refractivity contribution in [3.8, 4) is 0 Å². The summed E-state index contributed by atoms with van der Waals surface area (Å²) in [5.74, 6) is 1.66. The molecule has 0 fully saturated rings. The number of aromatic nitrogens is 6. The zero-order valence-electron chi connectivity index (χ0n) is 19.5. The molecule has 0 atom stereocenters. The second kappa shape index (κ2) is 6.51. The van der Waals surface area contributed by atoms with E-state index in [0.717, 1.165) is 39.7 Å². The van der Waals surface area contributed by atoms with Crippen LogP contribution in [0.2, 0.25) is 13.1 Å². The Morgan fingerprint density at radius 1 is 0.618 bits per heavy atom. The molecule has 1 aliphatic rings. The van der Waals surface area contributed by atoms with E-state index in [9.17, 15) is 0 Å². The smallest absolute Gasteiger partial charge is 0.207 e. The van der Waals surface area contributed by atoms with E-state index < -0.39 is 8.07 Å². The van der Waals surface area contributed by atoms with E-state index in [2.05, 4.69) is 114 Å². The third-order valence-electron chi connectivity index (χ3n) is 7.19. The molecule has 34 heavy (non-hydrogen) atoms. The maximum atomic E-state index is 4.42. The minimum Gasteiger partial charge on any atom is -0.311 e. The molecule has 6 aromatic rings. The molecule has 3 aromatic carbocycles. The van der Waals surface area contributed by atoms with Crippen LogP contribution in [0.4, 0.5) is 17.1 Å². The first kappa shape index (κ1) is 19.4. The Labute approximate surface area is 197 Å². The lowest BCUT2D eigenvalue weighted by molar-refractivity contribution is 1.01. The van der Waals surface area contributed by atoms with Gasteiger partial charge in [-0.25, -0.2) is 0 Å². The highest BCUT2D eigenvalue weighted by molar-refractivity contribution is 7.02. The minimum atomic E-state index is -1.82. The van der Waals surface area contributed by atoms with Gasteiger partial charge in [-0.15, -0.1) is 20.4 Å². The standard InChI is InChI=1S/C26H23N7Si/c1-16-27-29-25-26-30-28-17(2)32(26)22-15-18(13-14-19(22)31(16)25)33-20-9-5-7-11-23(20)34(3,4)24-12-8-6-10-21(24)33/h5-15H,1-4H3. The predicted molar refractivity (Wildman–Crippen MR) is 138 cm³/mol. The lowest BCUT2D eigenvalue weighted by atomic mass is 10.1. The van der Waals surface area contributed by atoms with Gasteiger partial charge in [0.1, 0.15) is 19.7 Å². The van der Waals surface area contributed by atoms with Gasteiger partial charge in [0.15, 0.2) is 0 Å². The molecule has 0 bridgehead atoms. The first-order chi connectivity index (χ1) is 16.5. The number of rotatable bonds is 1. The summed E-state index contributed by atoms with van der Waals surface area (Å²) in [6.07, 6.45) is 0. The van der Waals surface area contributed by atoms with Gasteiger partial charge >= 0.3 is 0 Å². The van der Waals surface area contributed by atoms with Crippen molar-refractivity contribution in [2.45, 2.75) is 26.9 Å². The topological polar surface area (TPSA) is 63.6 Å². The fourth-order valence-electron chi connectivity index (χ4n) is 5.56. The maximum absolute atomic E-state index is 4.42. The molecule has 3 aromatic heterocycles. The molecule has 4 heterocycles. The molecule has 0 saturated heterocycles. The fourth-order valence-corrected chi connectivity index (χ4v) is 8.54. The molecule has 166 valence electrons. The Kier molecular flexibility index (Phi) is 3.72. The number of benzene rings is 3. The van der Waals surface area contributed by atoms with E-state index in [0.29, 0.717) is 0 Å². The molecular formula is C26H23N7Si. The lowest BCUT2D eigenvalue weighted by Gasteiger charge is -2.41. The van der Waals surface area contributed by atoms with Crippen LogP contribution in [0, 0.1) is 13.8 Å². The van der Waals surface area contributed by atoms with Crippen LogP contribution >= 0.6 is 0 Å². The average Bonchev–Trinajstić information content (AvgIpc) is 3.42. The molecule has 0 spiro atoms. The summed E-state index contributed by atoms with van der Waals surface area (Å²) in [5, 5.41) is 20.4. The lowest BCUT2D eigenvalue weighted by Crippen LogP contribution is -2.58. The van der Waals surface area contributed by atoms with Crippen LogP contribution in [0.15, 0.2) is 66.7 Å². The highest BCUT2D eigenvalue weighted by Gasteiger charge is 2.38. The molecule has 0 aliphatic carbocycles. The second-order valence-corrected chi connectivity index (χ2v) is 13.8. The van der Waals surface area contributed by atoms with Crippen molar-refractivity contribution in [3.05, 3.63) is 78.4 Å². The Balaban J connectivity index is 1.59. The van der Waals surface area contributed by atoms with Gasteiger partial charge in [-0.2, -0.15) is 0 Å². The third-order valence-corrected chi connectivity index (χ3v) is 10.7. The number of hydrogen-bond donors (Lipinski definition) is 0. The first-order valence-electron chi connectivity index (χ1n) is 11.4. The van der Waals surface area contributed by atoms with Gasteiger partial charge in [-0.1, -0.05) is 49.5 Å². The molecule has 0 unspecified atom stereocenters. The number of para-hydroxylation sites is 2. The summed E-state index contributed by atoms with van der Waals surface area (Å²) in [4.78, 5) is 2.40. The summed E-state index contributed by atoms with van der Waals surface area (Å²) < 4.78 is 4.15. The van der Waals surface area contributed by atoms with Gasteiger partial charge in [0.2, 0.25) is 11.3 Å². The first-order valence-corrected chi connectivity index (χ1v) is 14.4. The molecule has 1 aliphatic heterocycles. The van der Waals surface area contributed by atoms with Gasteiger partial charge in [0.05, 0.1) is 11.0 Å². The van der Waals surface area contributed by atoms with Gasteiger partial charge in [-0.05, 0) is 54.6 Å². The molecule has 0 amide bonds. The van der Waals surface area contributed by atoms with Crippen molar-refractivity contribution in [3.63, 3.8) is 0 Å². The summed E-state index contributed by atoms with van der Waals surface area (Å²) in [5.41, 5.74) is 7.13. The van der Waals surface area contributed by atoms with Crippen LogP contribution in [-0.4, -0.2) is 37.3 Å². The number of nitrogens with zero attached hydrogens (tertiary/aromatic N) is 7. The van der Waals surface area contributed by atoms with Crippen molar-refractivity contribution in [2.75, 3.05) is 4.90 Å². The maximum Gasteiger partial charge on any atom is 0.207 e. The number of fused-ring (bicyclic) bond motifs is 8. The van der Waals surface area contributed by atoms with Gasteiger partial charge in [-0.3, -0.25) is 8.80 Å². The minimum absolute atomic E-state index is 0.718. The molecule has 0 radical (unpaired) electrons. The summed E-state index contributed by atoms with van der Waals surface area (Å²) >= 11 is 0. The predicted octanol–water partition coefficient (Wildman–Crippen LogP) is 4.15. The molecule has 0 N–H and O–H groups in total. The summed E-state index contributed by atoms with van der Waals surface area (Å²) in [6, 6.07) is 24.3. The number of hydrogen-bond acceptors (Lipinski definition) is 5. The van der Waals surface area contributed by atoms with Crippen LogP contribution < -0.4 is 15.3 Å². The van der Waals surface area contributed by atoms with Crippen LogP contribution in [0.5, 0.6) is 0 Å². The zero-order chi connectivity index (χ0) is 23.2. The molecule has 0 saturated carbocycles. The average molecular weight is 462 g/mol. The Hall–Kier alpha value is -4.04. The summed E-state index contributed by atoms with van der Waals surface area (Å²) in [6.45, 7) is 8.83. The largest absolute Gasteiger partial charge is 0.311 e. The Morgan fingerprint density at radius 2 is 1.15 bits per heavy atom. The third kappa shape index (κ3) is 2.35. The highest BCUT2D eigenvalue weighted by atomic mass is 28.3. The van der Waals surface area contributed by atoms with Crippen molar-refractivity contribution < 1.29 is 0 Å². The van der Waals surface area contributed by atoms with E-state index in [1.165, 1.54) is 21.7 Å². The SMILES string of the molecule is Cc1nnc2c3nnc(C)n3c3cc(N4c5ccccc5[Si](C)(C)c5ccccc54)ccc3n12. The van der Waals surface area contributed by atoms with Crippen molar-refractivity contribution in [2.24, 2.45) is 0 Å². The van der Waals surface area contributed by atoms with Crippen molar-refractivity contribution >= 4 is 57.8 Å². The van der Waals surface area contributed by atoms with Gasteiger partial charge in [0, 0.05) is 17.1 Å². The van der Waals surface area contributed by atoms with Gasteiger partial charge < -0.3 is 4.90 Å². The second-order valence-electron chi connectivity index (χ2n) is 9.48. The van der Waals surface area contributed by atoms with Crippen LogP contribution in [-0.2, 0) is 0 Å². The van der Waals surface area contributed by atoms with E-state index in [4.69, 9.17) is 0 Å². The van der Waals surface area contributed by atoms with Crippen LogP contribution in [0.3, 0.4) is 0 Å². The van der Waals surface area contributed by atoms with Crippen molar-refractivity contribution in [1.29, 1.82) is 0 Å². The van der Waals surface area contributed by atoms with Gasteiger partial charge in [0.25, 0.3) is 0 Å². The quantitative estimate of drug-likeness (QED) is 0.344. The molecular weight excluding hydrogens is 438 g/mol. The van der Waals surface area contributed by atoms with Crippen molar-refractivity contribution in [1.82, 2.24) is 29.2 Å². The fraction of sp³-hybridized carbons (Fsp3) is 0.154. The normalized spacial score (nSPS) is 14.6. The van der Waals surface area contributed by atoms with E-state index in [1.807, 2.05) is 13.8 Å². The Morgan fingerprint density at radius 3 is 1.74 bits per heavy atom. The van der Waals surface area contributed by atoms with E-state index in [-0.39, 0.29) is 0 Å². The molecule has 7 nitrogen and oxygen atoms in total. The zero-order valence-corrected chi connectivity index (χ0v) is 20.5. The van der Waals surface area contributed by atoms with Crippen LogP contribution in [0.1, 0.15) is 11.6 Å². The number of anilines is 3. The van der Waals surface area contributed by atoms with Crippen LogP contribution in [0.25, 0.3) is 22.3 Å². The van der Waals surface area contributed by atoms with E-state index >= 15 is 0 Å². The Bertz CT molecular complexity index is 1730. The monoisotopic (exact) mass is 461 g/mol. The highest BCUT2D eigenvalue weighted by Crippen LogP contribution is 2.39. The molecule has 8 heteroatoms. The van der Waals surface area contributed by atoms with E-state index in [1.54, 1.807) is 0 Å². The number of aryl methyl sites for hydroxylation is 2. The molecule has 7 rings (SSSR count). The summed E-state index contributed by atoms with van der Waals surface area (Å²) in [7, 11) is -1.82.